The van der Waals surface area contributed by atoms with E-state index >= 15 is 0 Å². The lowest BCUT2D eigenvalue weighted by Crippen LogP contribution is -2.02. The van der Waals surface area contributed by atoms with Crippen LogP contribution in [0.5, 0.6) is 11.5 Å². The van der Waals surface area contributed by atoms with Crippen molar-refractivity contribution in [3.05, 3.63) is 58.4 Å². The molecule has 2 rings (SSSR count). The van der Waals surface area contributed by atoms with E-state index in [2.05, 4.69) is 0 Å². The van der Waals surface area contributed by atoms with E-state index in [0.29, 0.717) is 11.5 Å². The first-order chi connectivity index (χ1) is 9.96. The summed E-state index contributed by atoms with van der Waals surface area (Å²) in [6.07, 6.45) is 0. The third kappa shape index (κ3) is 3.30. The van der Waals surface area contributed by atoms with Crippen LogP contribution in [0.15, 0.2) is 30.3 Å². The van der Waals surface area contributed by atoms with Crippen LogP contribution in [0.3, 0.4) is 0 Å². The molecule has 112 valence electrons. The molecule has 21 heavy (non-hydrogen) atoms. The Labute approximate surface area is 129 Å². The molecule has 0 fully saturated rings. The van der Waals surface area contributed by atoms with E-state index in [0.717, 1.165) is 22.3 Å². The Morgan fingerprint density at radius 1 is 0.905 bits per heavy atom. The Kier molecular flexibility index (Phi) is 4.73. The molecule has 0 aromatic heterocycles. The predicted octanol–water partition coefficient (Wildman–Crippen LogP) is 4.79. The van der Waals surface area contributed by atoms with E-state index < -0.39 is 5.38 Å². The molecule has 4 heteroatoms. The second-order valence-electron chi connectivity index (χ2n) is 4.96. The van der Waals surface area contributed by atoms with Crippen LogP contribution in [0.1, 0.15) is 27.6 Å². The summed E-state index contributed by atoms with van der Waals surface area (Å²) in [4.78, 5) is 0. The lowest BCUT2D eigenvalue weighted by molar-refractivity contribution is 0.393. The molecule has 0 radical (unpaired) electrons. The Morgan fingerprint density at radius 2 is 1.38 bits per heavy atom. The molecule has 1 unspecified atom stereocenters. The molecule has 2 aromatic carbocycles. The van der Waals surface area contributed by atoms with Gasteiger partial charge in [0.15, 0.2) is 0 Å². The maximum Gasteiger partial charge on any atom is 0.123 e. The van der Waals surface area contributed by atoms with Crippen molar-refractivity contribution in [2.75, 3.05) is 14.2 Å². The van der Waals surface area contributed by atoms with Gasteiger partial charge in [-0.25, -0.2) is 4.39 Å². The van der Waals surface area contributed by atoms with Crippen molar-refractivity contribution in [2.45, 2.75) is 19.2 Å². The molecule has 0 spiro atoms. The first-order valence-corrected chi connectivity index (χ1v) is 7.03. The molecule has 1 atom stereocenters. The maximum atomic E-state index is 13.4. The van der Waals surface area contributed by atoms with Crippen LogP contribution >= 0.6 is 11.6 Å². The van der Waals surface area contributed by atoms with E-state index in [1.165, 1.54) is 12.1 Å². The highest BCUT2D eigenvalue weighted by Crippen LogP contribution is 2.37. The summed E-state index contributed by atoms with van der Waals surface area (Å²) in [5.41, 5.74) is 3.42. The molecule has 0 amide bonds. The van der Waals surface area contributed by atoms with E-state index in [1.807, 2.05) is 26.0 Å². The van der Waals surface area contributed by atoms with Crippen LogP contribution in [0.2, 0.25) is 0 Å². The van der Waals surface area contributed by atoms with Crippen LogP contribution in [0, 0.1) is 19.7 Å². The molecule has 0 saturated carbocycles. The molecule has 0 aliphatic rings. The Balaban J connectivity index is 2.52. The molecule has 0 aliphatic carbocycles. The number of ether oxygens (including phenoxy) is 2. The van der Waals surface area contributed by atoms with Gasteiger partial charge in [-0.1, -0.05) is 0 Å². The second kappa shape index (κ2) is 6.35. The normalized spacial score (nSPS) is 12.1. The summed E-state index contributed by atoms with van der Waals surface area (Å²) < 4.78 is 24.0. The van der Waals surface area contributed by atoms with Gasteiger partial charge >= 0.3 is 0 Å². The summed E-state index contributed by atoms with van der Waals surface area (Å²) in [6.45, 7) is 3.72. The predicted molar refractivity (Wildman–Crippen MR) is 83.1 cm³/mol. The zero-order chi connectivity index (χ0) is 15.6. The van der Waals surface area contributed by atoms with E-state index in [1.54, 1.807) is 20.3 Å². The van der Waals surface area contributed by atoms with Crippen LogP contribution in [0.25, 0.3) is 0 Å². The minimum atomic E-state index is -0.394. The summed E-state index contributed by atoms with van der Waals surface area (Å²) >= 11 is 6.62. The molecule has 0 N–H and O–H groups in total. The fourth-order valence-corrected chi connectivity index (χ4v) is 2.93. The number of methoxy groups -OCH3 is 2. The summed E-state index contributed by atoms with van der Waals surface area (Å²) in [6, 6.07) is 8.51. The van der Waals surface area contributed by atoms with E-state index in [4.69, 9.17) is 21.1 Å². The third-order valence-corrected chi connectivity index (χ3v) is 3.95. The number of aryl methyl sites for hydroxylation is 2. The van der Waals surface area contributed by atoms with Gasteiger partial charge in [0.1, 0.15) is 17.3 Å². The zero-order valence-electron chi connectivity index (χ0n) is 12.5. The number of halogens is 2. The van der Waals surface area contributed by atoms with Crippen molar-refractivity contribution in [1.29, 1.82) is 0 Å². The summed E-state index contributed by atoms with van der Waals surface area (Å²) in [7, 11) is 3.19. The van der Waals surface area contributed by atoms with E-state index in [9.17, 15) is 4.39 Å². The lowest BCUT2D eigenvalue weighted by Gasteiger charge is -2.18. The van der Waals surface area contributed by atoms with Gasteiger partial charge in [-0.15, -0.1) is 11.6 Å². The number of alkyl halides is 1. The first-order valence-electron chi connectivity index (χ1n) is 6.60. The SMILES string of the molecule is COc1cc(OC)cc(C(Cl)c2c(C)cc(F)cc2C)c1. The summed E-state index contributed by atoms with van der Waals surface area (Å²) in [5, 5.41) is -0.394. The number of rotatable bonds is 4. The largest absolute Gasteiger partial charge is 0.497 e. The molecule has 0 bridgehead atoms. The third-order valence-electron chi connectivity index (χ3n) is 3.48. The number of hydrogen-bond donors (Lipinski definition) is 0. The fourth-order valence-electron chi connectivity index (χ4n) is 2.46. The van der Waals surface area contributed by atoms with Crippen molar-refractivity contribution in [3.63, 3.8) is 0 Å². The number of benzene rings is 2. The lowest BCUT2D eigenvalue weighted by atomic mass is 9.95. The zero-order valence-corrected chi connectivity index (χ0v) is 13.3. The van der Waals surface area contributed by atoms with Gasteiger partial charge in [0, 0.05) is 6.07 Å². The van der Waals surface area contributed by atoms with Crippen LogP contribution in [-0.2, 0) is 0 Å². The van der Waals surface area contributed by atoms with Crippen LogP contribution in [-0.4, -0.2) is 14.2 Å². The van der Waals surface area contributed by atoms with Gasteiger partial charge < -0.3 is 9.47 Å². The second-order valence-corrected chi connectivity index (χ2v) is 5.40. The minimum absolute atomic E-state index is 0.249. The van der Waals surface area contributed by atoms with Crippen LogP contribution in [0.4, 0.5) is 4.39 Å². The molecule has 0 saturated heterocycles. The smallest absolute Gasteiger partial charge is 0.123 e. The summed E-state index contributed by atoms with van der Waals surface area (Å²) in [5.74, 6) is 1.10. The highest BCUT2D eigenvalue weighted by Gasteiger charge is 2.18. The fraction of sp³-hybridized carbons (Fsp3) is 0.294. The van der Waals surface area contributed by atoms with Crippen molar-refractivity contribution < 1.29 is 13.9 Å². The van der Waals surface area contributed by atoms with Gasteiger partial charge in [-0.2, -0.15) is 0 Å². The Bertz CT molecular complexity index is 610. The highest BCUT2D eigenvalue weighted by atomic mass is 35.5. The van der Waals surface area contributed by atoms with Crippen molar-refractivity contribution >= 4 is 11.6 Å². The Hall–Kier alpha value is -1.74. The highest BCUT2D eigenvalue weighted by molar-refractivity contribution is 6.22. The average molecular weight is 309 g/mol. The van der Waals surface area contributed by atoms with Gasteiger partial charge in [-0.3, -0.25) is 0 Å². The van der Waals surface area contributed by atoms with Crippen molar-refractivity contribution in [1.82, 2.24) is 0 Å². The Morgan fingerprint density at radius 3 is 1.81 bits per heavy atom. The minimum Gasteiger partial charge on any atom is -0.497 e. The first kappa shape index (κ1) is 15.6. The molecule has 2 aromatic rings. The monoisotopic (exact) mass is 308 g/mol. The molecule has 0 heterocycles. The van der Waals surface area contributed by atoms with Gasteiger partial charge in [0.05, 0.1) is 19.6 Å². The van der Waals surface area contributed by atoms with Crippen molar-refractivity contribution in [3.8, 4) is 11.5 Å². The molecular formula is C17H18ClFO2. The van der Waals surface area contributed by atoms with Crippen LogP contribution < -0.4 is 9.47 Å². The van der Waals surface area contributed by atoms with E-state index in [-0.39, 0.29) is 5.82 Å². The quantitative estimate of drug-likeness (QED) is 0.756. The maximum absolute atomic E-state index is 13.4. The standard InChI is InChI=1S/C17H18ClFO2/c1-10-5-13(19)6-11(2)16(10)17(18)12-7-14(20-3)9-15(8-12)21-4/h5-9,17H,1-4H3. The molecular weight excluding hydrogens is 291 g/mol. The molecule has 2 nitrogen and oxygen atoms in total. The van der Waals surface area contributed by atoms with Gasteiger partial charge in [0.25, 0.3) is 0 Å². The van der Waals surface area contributed by atoms with Gasteiger partial charge in [0.2, 0.25) is 0 Å². The van der Waals surface area contributed by atoms with Gasteiger partial charge in [-0.05, 0) is 60.4 Å². The van der Waals surface area contributed by atoms with Crippen molar-refractivity contribution in [2.24, 2.45) is 0 Å². The molecule has 0 aliphatic heterocycles. The topological polar surface area (TPSA) is 18.5 Å². The average Bonchev–Trinajstić information content (AvgIpc) is 2.45. The number of hydrogen-bond acceptors (Lipinski definition) is 2.